The molecule has 0 atom stereocenters. The van der Waals surface area contributed by atoms with Crippen molar-refractivity contribution in [2.24, 2.45) is 0 Å². The molecular weight excluding hydrogens is 308 g/mol. The third-order valence-electron chi connectivity index (χ3n) is 2.69. The van der Waals surface area contributed by atoms with E-state index in [0.717, 1.165) is 33.8 Å². The molecule has 5 heteroatoms. The Hall–Kier alpha value is -1.75. The number of methoxy groups -OCH3 is 2. The maximum absolute atomic E-state index is 5.30. The summed E-state index contributed by atoms with van der Waals surface area (Å²) in [5.41, 5.74) is 2.10. The van der Waals surface area contributed by atoms with Gasteiger partial charge >= 0.3 is 0 Å². The zero-order valence-corrected chi connectivity index (χ0v) is 12.4. The summed E-state index contributed by atoms with van der Waals surface area (Å²) >= 11 is 3.45. The quantitative estimate of drug-likeness (QED) is 0.915. The first-order valence-corrected chi connectivity index (χ1v) is 6.58. The van der Waals surface area contributed by atoms with E-state index in [4.69, 9.17) is 9.47 Å². The molecule has 2 aromatic rings. The van der Waals surface area contributed by atoms with Crippen molar-refractivity contribution in [1.82, 2.24) is 4.98 Å². The molecule has 1 aromatic carbocycles. The van der Waals surface area contributed by atoms with Crippen LogP contribution in [0.15, 0.2) is 41.1 Å². The van der Waals surface area contributed by atoms with Gasteiger partial charge in [0.25, 0.3) is 0 Å². The van der Waals surface area contributed by atoms with Crippen molar-refractivity contribution in [3.05, 3.63) is 46.7 Å². The van der Waals surface area contributed by atoms with E-state index in [1.54, 1.807) is 26.6 Å². The van der Waals surface area contributed by atoms with Gasteiger partial charge in [0, 0.05) is 36.8 Å². The molecule has 1 N–H and O–H groups in total. The maximum atomic E-state index is 5.30. The lowest BCUT2D eigenvalue weighted by Crippen LogP contribution is -2.01. The summed E-state index contributed by atoms with van der Waals surface area (Å²) in [5, 5.41) is 3.33. The van der Waals surface area contributed by atoms with Gasteiger partial charge in [-0.2, -0.15) is 0 Å². The average Bonchev–Trinajstić information content (AvgIpc) is 2.47. The number of hydrogen-bond donors (Lipinski definition) is 1. The van der Waals surface area contributed by atoms with Crippen molar-refractivity contribution in [2.45, 2.75) is 6.54 Å². The molecule has 0 aliphatic heterocycles. The monoisotopic (exact) mass is 322 g/mol. The molecule has 0 amide bonds. The zero-order valence-electron chi connectivity index (χ0n) is 10.8. The number of benzene rings is 1. The SMILES string of the molecule is COc1cc(NCc2ccncc2)cc(OC)c1Br. The molecule has 0 radical (unpaired) electrons. The van der Waals surface area contributed by atoms with Gasteiger partial charge in [-0.25, -0.2) is 0 Å². The summed E-state index contributed by atoms with van der Waals surface area (Å²) in [6.07, 6.45) is 3.56. The Balaban J connectivity index is 2.16. The number of pyridine rings is 1. The smallest absolute Gasteiger partial charge is 0.138 e. The maximum Gasteiger partial charge on any atom is 0.138 e. The average molecular weight is 323 g/mol. The molecule has 0 unspecified atom stereocenters. The second-order valence-electron chi connectivity index (χ2n) is 3.90. The minimum absolute atomic E-state index is 0.719. The van der Waals surface area contributed by atoms with Crippen molar-refractivity contribution in [1.29, 1.82) is 0 Å². The zero-order chi connectivity index (χ0) is 13.7. The van der Waals surface area contributed by atoms with Crippen LogP contribution in [0.25, 0.3) is 0 Å². The first-order chi connectivity index (χ1) is 9.24. The highest BCUT2D eigenvalue weighted by Crippen LogP contribution is 2.37. The second-order valence-corrected chi connectivity index (χ2v) is 4.70. The number of nitrogens with zero attached hydrogens (tertiary/aromatic N) is 1. The number of anilines is 1. The normalized spacial score (nSPS) is 10.1. The highest BCUT2D eigenvalue weighted by atomic mass is 79.9. The summed E-state index contributed by atoms with van der Waals surface area (Å²) in [4.78, 5) is 3.99. The van der Waals surface area contributed by atoms with Gasteiger partial charge in [-0.15, -0.1) is 0 Å². The van der Waals surface area contributed by atoms with Crippen molar-refractivity contribution in [3.63, 3.8) is 0 Å². The highest BCUT2D eigenvalue weighted by Gasteiger charge is 2.09. The van der Waals surface area contributed by atoms with E-state index in [9.17, 15) is 0 Å². The Morgan fingerprint density at radius 1 is 1.11 bits per heavy atom. The molecule has 0 aliphatic carbocycles. The molecule has 4 nitrogen and oxygen atoms in total. The molecule has 100 valence electrons. The van der Waals surface area contributed by atoms with Crippen molar-refractivity contribution in [2.75, 3.05) is 19.5 Å². The fourth-order valence-corrected chi connectivity index (χ4v) is 2.23. The predicted octanol–water partition coefficient (Wildman–Crippen LogP) is 3.47. The van der Waals surface area contributed by atoms with Gasteiger partial charge in [0.2, 0.25) is 0 Å². The fraction of sp³-hybridized carbons (Fsp3) is 0.214. The van der Waals surface area contributed by atoms with Gasteiger partial charge in [-0.1, -0.05) is 0 Å². The van der Waals surface area contributed by atoms with E-state index < -0.39 is 0 Å². The topological polar surface area (TPSA) is 43.4 Å². The van der Waals surface area contributed by atoms with Crippen LogP contribution in [0, 0.1) is 0 Å². The van der Waals surface area contributed by atoms with Gasteiger partial charge < -0.3 is 14.8 Å². The number of halogens is 1. The molecule has 1 aromatic heterocycles. The second kappa shape index (κ2) is 6.43. The van der Waals surface area contributed by atoms with Crippen LogP contribution in [0.5, 0.6) is 11.5 Å². The first kappa shape index (κ1) is 13.7. The standard InChI is InChI=1S/C14H15BrN2O2/c1-18-12-7-11(8-13(19-2)14(12)15)17-9-10-3-5-16-6-4-10/h3-8,17H,9H2,1-2H3. The third-order valence-corrected chi connectivity index (χ3v) is 3.47. The number of hydrogen-bond acceptors (Lipinski definition) is 4. The van der Waals surface area contributed by atoms with E-state index in [2.05, 4.69) is 26.2 Å². The van der Waals surface area contributed by atoms with Gasteiger partial charge in [0.1, 0.15) is 16.0 Å². The van der Waals surface area contributed by atoms with Crippen LogP contribution in [0.3, 0.4) is 0 Å². The molecule has 2 rings (SSSR count). The van der Waals surface area contributed by atoms with Crippen LogP contribution in [-0.4, -0.2) is 19.2 Å². The Morgan fingerprint density at radius 2 is 1.68 bits per heavy atom. The van der Waals surface area contributed by atoms with E-state index in [0.29, 0.717) is 0 Å². The molecule has 0 fully saturated rings. The first-order valence-electron chi connectivity index (χ1n) is 5.79. The van der Waals surface area contributed by atoms with Crippen LogP contribution in [0.1, 0.15) is 5.56 Å². The Bertz CT molecular complexity index is 521. The summed E-state index contributed by atoms with van der Waals surface area (Å²) in [6.45, 7) is 0.719. The number of nitrogens with one attached hydrogen (secondary N) is 1. The van der Waals surface area contributed by atoms with Gasteiger partial charge in [0.15, 0.2) is 0 Å². The molecule has 0 spiro atoms. The summed E-state index contributed by atoms with van der Waals surface area (Å²) < 4.78 is 11.4. The molecule has 0 aliphatic rings. The minimum Gasteiger partial charge on any atom is -0.495 e. The molecule has 0 bridgehead atoms. The Kier molecular flexibility index (Phi) is 4.63. The fourth-order valence-electron chi connectivity index (χ4n) is 1.68. The Labute approximate surface area is 120 Å². The van der Waals surface area contributed by atoms with Gasteiger partial charge in [-0.05, 0) is 33.6 Å². The number of ether oxygens (including phenoxy) is 2. The summed E-state index contributed by atoms with van der Waals surface area (Å²) in [5.74, 6) is 1.47. The minimum atomic E-state index is 0.719. The lowest BCUT2D eigenvalue weighted by molar-refractivity contribution is 0.390. The van der Waals surface area contributed by atoms with Crippen molar-refractivity contribution < 1.29 is 9.47 Å². The highest BCUT2D eigenvalue weighted by molar-refractivity contribution is 9.10. The van der Waals surface area contributed by atoms with E-state index in [1.807, 2.05) is 24.3 Å². The van der Waals surface area contributed by atoms with Gasteiger partial charge in [-0.3, -0.25) is 4.98 Å². The lowest BCUT2D eigenvalue weighted by Gasteiger charge is -2.13. The largest absolute Gasteiger partial charge is 0.495 e. The molecule has 0 saturated carbocycles. The Morgan fingerprint density at radius 3 is 2.21 bits per heavy atom. The predicted molar refractivity (Wildman–Crippen MR) is 78.8 cm³/mol. The summed E-state index contributed by atoms with van der Waals surface area (Å²) in [6, 6.07) is 7.79. The molecule has 19 heavy (non-hydrogen) atoms. The molecular formula is C14H15BrN2O2. The van der Waals surface area contributed by atoms with E-state index in [-0.39, 0.29) is 0 Å². The van der Waals surface area contributed by atoms with Gasteiger partial charge in [0.05, 0.1) is 14.2 Å². The molecule has 1 heterocycles. The third kappa shape index (κ3) is 3.38. The van der Waals surface area contributed by atoms with Crippen LogP contribution in [0.2, 0.25) is 0 Å². The van der Waals surface area contributed by atoms with Crippen LogP contribution < -0.4 is 14.8 Å². The number of rotatable bonds is 5. The van der Waals surface area contributed by atoms with Crippen LogP contribution in [-0.2, 0) is 6.54 Å². The van der Waals surface area contributed by atoms with E-state index >= 15 is 0 Å². The summed E-state index contributed by atoms with van der Waals surface area (Å²) in [7, 11) is 3.26. The van der Waals surface area contributed by atoms with Crippen LogP contribution in [0.4, 0.5) is 5.69 Å². The van der Waals surface area contributed by atoms with Crippen molar-refractivity contribution >= 4 is 21.6 Å². The van der Waals surface area contributed by atoms with Crippen molar-refractivity contribution in [3.8, 4) is 11.5 Å². The molecule has 0 saturated heterocycles. The lowest BCUT2D eigenvalue weighted by atomic mass is 10.2. The van der Waals surface area contributed by atoms with Crippen LogP contribution >= 0.6 is 15.9 Å². The van der Waals surface area contributed by atoms with E-state index in [1.165, 1.54) is 0 Å². The number of aromatic nitrogens is 1.